The number of anilines is 1. The monoisotopic (exact) mass is 581 g/mol. The van der Waals surface area contributed by atoms with Gasteiger partial charge in [0.25, 0.3) is 5.91 Å². The molecule has 3 aromatic rings. The lowest BCUT2D eigenvalue weighted by molar-refractivity contribution is -0.271. The summed E-state index contributed by atoms with van der Waals surface area (Å²) in [5.74, 6) is -0.582. The Balaban J connectivity index is 1.27. The van der Waals surface area contributed by atoms with E-state index >= 15 is 0 Å². The molecule has 9 nitrogen and oxygen atoms in total. The number of hydrogen-bond donors (Lipinski definition) is 3. The number of nitrogens with one attached hydrogen (secondary N) is 2. The minimum Gasteiger partial charge on any atom is -0.374 e. The molecule has 0 aliphatic carbocycles. The highest BCUT2D eigenvalue weighted by molar-refractivity contribution is 5.95. The summed E-state index contributed by atoms with van der Waals surface area (Å²) in [6.45, 7) is 1.75. The largest absolute Gasteiger partial charge is 0.424 e. The molecule has 1 saturated heterocycles. The second kappa shape index (κ2) is 12.2. The predicted octanol–water partition coefficient (Wildman–Crippen LogP) is 4.12. The molecule has 0 spiro atoms. The second-order valence-electron chi connectivity index (χ2n) is 9.69. The Labute approximate surface area is 231 Å². The number of halogens is 5. The Kier molecular flexibility index (Phi) is 8.92. The van der Waals surface area contributed by atoms with Crippen molar-refractivity contribution in [3.63, 3.8) is 0 Å². The fourth-order valence-electron chi connectivity index (χ4n) is 4.34. The van der Waals surface area contributed by atoms with Crippen LogP contribution in [-0.4, -0.2) is 71.0 Å². The fraction of sp³-hybridized carbons (Fsp3) is 0.370. The van der Waals surface area contributed by atoms with Crippen molar-refractivity contribution in [1.82, 2.24) is 20.3 Å². The maximum atomic E-state index is 14.7. The molecule has 1 aliphatic rings. The third-order valence-electron chi connectivity index (χ3n) is 6.73. The molecule has 41 heavy (non-hydrogen) atoms. The maximum absolute atomic E-state index is 14.7. The molecule has 220 valence electrons. The zero-order valence-corrected chi connectivity index (χ0v) is 22.0. The highest BCUT2D eigenvalue weighted by Gasteiger charge is 2.55. The molecule has 0 saturated carbocycles. The summed E-state index contributed by atoms with van der Waals surface area (Å²) in [6, 6.07) is 9.64. The van der Waals surface area contributed by atoms with Crippen molar-refractivity contribution >= 4 is 17.6 Å². The zero-order valence-electron chi connectivity index (χ0n) is 22.0. The van der Waals surface area contributed by atoms with Gasteiger partial charge in [0.1, 0.15) is 23.9 Å². The van der Waals surface area contributed by atoms with Gasteiger partial charge in [0.15, 0.2) is 0 Å². The van der Waals surface area contributed by atoms with Gasteiger partial charge in [-0.05, 0) is 36.2 Å². The van der Waals surface area contributed by atoms with Crippen molar-refractivity contribution in [2.75, 3.05) is 38.2 Å². The lowest BCUT2D eigenvalue weighted by Crippen LogP contribution is -2.48. The van der Waals surface area contributed by atoms with Gasteiger partial charge in [-0.25, -0.2) is 13.6 Å². The van der Waals surface area contributed by atoms with Crippen LogP contribution in [0.2, 0.25) is 0 Å². The third kappa shape index (κ3) is 7.00. The van der Waals surface area contributed by atoms with Crippen LogP contribution >= 0.6 is 0 Å². The van der Waals surface area contributed by atoms with Crippen LogP contribution in [0.25, 0.3) is 0 Å². The topological polar surface area (TPSA) is 111 Å². The number of urea groups is 1. The van der Waals surface area contributed by atoms with Crippen LogP contribution in [0, 0.1) is 12.7 Å². The molecule has 1 atom stereocenters. The molecule has 1 fully saturated rings. The van der Waals surface area contributed by atoms with Crippen LogP contribution in [0.1, 0.15) is 32.9 Å². The Morgan fingerprint density at radius 2 is 1.73 bits per heavy atom. The standard InChI is InChI=1S/C27H28F5N5O4/c1-17-12-21(35-41-17)14-33-25(39)34-23-7-4-19(13-22(23)29)24(38)37-10-8-36(9-11-37)15-18-2-5-20(6-3-18)26(40,16-28)27(30,31)32/h2-7,12-13,40H,8-11,14-16H2,1H3,(H2,33,34,39). The van der Waals surface area contributed by atoms with E-state index in [0.717, 1.165) is 18.2 Å². The fourth-order valence-corrected chi connectivity index (χ4v) is 4.34. The molecule has 4 rings (SSSR count). The van der Waals surface area contributed by atoms with Crippen LogP contribution in [0.5, 0.6) is 0 Å². The molecule has 1 aliphatic heterocycles. The van der Waals surface area contributed by atoms with E-state index < -0.39 is 35.9 Å². The first-order valence-electron chi connectivity index (χ1n) is 12.6. The summed E-state index contributed by atoms with van der Waals surface area (Å²) < 4.78 is 71.9. The summed E-state index contributed by atoms with van der Waals surface area (Å²) in [5.41, 5.74) is -2.98. The van der Waals surface area contributed by atoms with Crippen LogP contribution in [-0.2, 0) is 18.7 Å². The molecule has 0 radical (unpaired) electrons. The lowest BCUT2D eigenvalue weighted by atomic mass is 9.93. The number of hydrogen-bond acceptors (Lipinski definition) is 6. The number of piperazine rings is 1. The molecule has 0 bridgehead atoms. The Hall–Kier alpha value is -4.04. The third-order valence-corrected chi connectivity index (χ3v) is 6.73. The summed E-state index contributed by atoms with van der Waals surface area (Å²) in [7, 11) is 0. The molecule has 2 aromatic carbocycles. The van der Waals surface area contributed by atoms with Crippen molar-refractivity contribution in [1.29, 1.82) is 0 Å². The van der Waals surface area contributed by atoms with Crippen LogP contribution < -0.4 is 10.6 Å². The van der Waals surface area contributed by atoms with Gasteiger partial charge in [0, 0.05) is 44.4 Å². The van der Waals surface area contributed by atoms with Gasteiger partial charge in [0.05, 0.1) is 12.2 Å². The lowest BCUT2D eigenvalue weighted by Gasteiger charge is -2.35. The van der Waals surface area contributed by atoms with Crippen LogP contribution in [0.15, 0.2) is 53.1 Å². The van der Waals surface area contributed by atoms with Crippen molar-refractivity contribution in [3.8, 4) is 0 Å². The molecular formula is C27H28F5N5O4. The number of benzene rings is 2. The van der Waals surface area contributed by atoms with E-state index in [1.54, 1.807) is 17.9 Å². The molecule has 3 N–H and O–H groups in total. The average molecular weight is 582 g/mol. The molecule has 2 heterocycles. The number of alkyl halides is 4. The van der Waals surface area contributed by atoms with E-state index in [0.29, 0.717) is 49.7 Å². The SMILES string of the molecule is Cc1cc(CNC(=O)Nc2ccc(C(=O)N3CCN(Cc4ccc(C(O)(CF)C(F)(F)F)cc4)CC3)cc2F)no1. The van der Waals surface area contributed by atoms with Crippen LogP contribution in [0.3, 0.4) is 0 Å². The molecule has 1 aromatic heterocycles. The molecule has 3 amide bonds. The maximum Gasteiger partial charge on any atom is 0.424 e. The summed E-state index contributed by atoms with van der Waals surface area (Å²) >= 11 is 0. The van der Waals surface area contributed by atoms with Gasteiger partial charge in [0.2, 0.25) is 5.60 Å². The van der Waals surface area contributed by atoms with Crippen molar-refractivity contribution in [3.05, 3.63) is 82.5 Å². The van der Waals surface area contributed by atoms with Crippen LogP contribution in [0.4, 0.5) is 32.4 Å². The van der Waals surface area contributed by atoms with Gasteiger partial charge in [-0.1, -0.05) is 29.4 Å². The summed E-state index contributed by atoms with van der Waals surface area (Å²) in [6.07, 6.45) is -5.15. The zero-order chi connectivity index (χ0) is 29.8. The van der Waals surface area contributed by atoms with E-state index in [1.165, 1.54) is 24.3 Å². The minimum atomic E-state index is -5.15. The first-order chi connectivity index (χ1) is 19.4. The Morgan fingerprint density at radius 1 is 1.05 bits per heavy atom. The van der Waals surface area contributed by atoms with Gasteiger partial charge in [-0.15, -0.1) is 0 Å². The highest BCUT2D eigenvalue weighted by Crippen LogP contribution is 2.39. The quantitative estimate of drug-likeness (QED) is 0.346. The number of aryl methyl sites for hydroxylation is 1. The number of nitrogens with zero attached hydrogens (tertiary/aromatic N) is 3. The number of aromatic nitrogens is 1. The highest BCUT2D eigenvalue weighted by atomic mass is 19.4. The summed E-state index contributed by atoms with van der Waals surface area (Å²) in [4.78, 5) is 28.6. The van der Waals surface area contributed by atoms with Gasteiger partial charge >= 0.3 is 12.2 Å². The molecule has 14 heteroatoms. The minimum absolute atomic E-state index is 0.0825. The summed E-state index contributed by atoms with van der Waals surface area (Å²) in [5, 5.41) is 18.4. The Bertz CT molecular complexity index is 1370. The normalized spacial score (nSPS) is 15.8. The van der Waals surface area contributed by atoms with Gasteiger partial charge < -0.3 is 25.2 Å². The van der Waals surface area contributed by atoms with E-state index in [9.17, 15) is 36.6 Å². The smallest absolute Gasteiger partial charge is 0.374 e. The van der Waals surface area contributed by atoms with E-state index in [-0.39, 0.29) is 23.7 Å². The second-order valence-corrected chi connectivity index (χ2v) is 9.69. The first kappa shape index (κ1) is 29.9. The van der Waals surface area contributed by atoms with Gasteiger partial charge in [-0.2, -0.15) is 13.2 Å². The molecule has 1 unspecified atom stereocenters. The Morgan fingerprint density at radius 3 is 2.29 bits per heavy atom. The van der Waals surface area contributed by atoms with Gasteiger partial charge in [-0.3, -0.25) is 9.69 Å². The number of carbonyl (C=O) groups is 2. The molecular weight excluding hydrogens is 553 g/mol. The van der Waals surface area contributed by atoms with Crippen molar-refractivity contribution < 1.29 is 41.2 Å². The average Bonchev–Trinajstić information content (AvgIpc) is 3.37. The number of amides is 3. The number of carbonyl (C=O) groups excluding carboxylic acids is 2. The predicted molar refractivity (Wildman–Crippen MR) is 137 cm³/mol. The first-order valence-corrected chi connectivity index (χ1v) is 12.6. The van der Waals surface area contributed by atoms with E-state index in [4.69, 9.17) is 4.52 Å². The number of aliphatic hydroxyl groups is 1. The number of rotatable bonds is 8. The van der Waals surface area contributed by atoms with E-state index in [2.05, 4.69) is 15.8 Å². The van der Waals surface area contributed by atoms with Crippen molar-refractivity contribution in [2.24, 2.45) is 0 Å². The van der Waals surface area contributed by atoms with Crippen molar-refractivity contribution in [2.45, 2.75) is 31.8 Å². The van der Waals surface area contributed by atoms with E-state index in [1.807, 2.05) is 4.90 Å².